The predicted molar refractivity (Wildman–Crippen MR) is 55.4 cm³/mol. The molecule has 0 heterocycles. The van der Waals surface area contributed by atoms with Gasteiger partial charge >= 0.3 is 0 Å². The van der Waals surface area contributed by atoms with Crippen molar-refractivity contribution >= 4 is 11.4 Å². The van der Waals surface area contributed by atoms with Crippen LogP contribution in [0.4, 0.5) is 11.4 Å². The number of rotatable bonds is 4. The van der Waals surface area contributed by atoms with E-state index in [0.29, 0.717) is 18.7 Å². The molecule has 1 aromatic carbocycles. The summed E-state index contributed by atoms with van der Waals surface area (Å²) in [6.45, 7) is 0.685. The first kappa shape index (κ1) is 10.2. The molecule has 4 heteroatoms. The van der Waals surface area contributed by atoms with Crippen LogP contribution < -0.4 is 4.90 Å². The van der Waals surface area contributed by atoms with Crippen LogP contribution in [-0.2, 0) is 0 Å². The Morgan fingerprint density at radius 1 is 1.43 bits per heavy atom. The van der Waals surface area contributed by atoms with E-state index in [1.54, 1.807) is 12.1 Å². The van der Waals surface area contributed by atoms with Crippen molar-refractivity contribution in [1.29, 1.82) is 5.26 Å². The Morgan fingerprint density at radius 2 is 2.07 bits per heavy atom. The monoisotopic (exact) mass is 189 g/mol. The molecule has 0 aliphatic rings. The molecule has 1 rings (SSSR count). The largest absolute Gasteiger partial charge is 0.374 e. The molecule has 0 unspecified atom stereocenters. The molecule has 0 aliphatic carbocycles. The van der Waals surface area contributed by atoms with E-state index in [-0.39, 0.29) is 0 Å². The lowest BCUT2D eigenvalue weighted by molar-refractivity contribution is 0.905. The molecule has 0 spiro atoms. The molecule has 0 amide bonds. The van der Waals surface area contributed by atoms with E-state index in [2.05, 4.69) is 11.2 Å². The van der Waals surface area contributed by atoms with Crippen LogP contribution in [0, 0.1) is 16.2 Å². The van der Waals surface area contributed by atoms with Gasteiger partial charge in [0.25, 0.3) is 0 Å². The van der Waals surface area contributed by atoms with Crippen molar-refractivity contribution in [2.75, 3.05) is 18.5 Å². The SMILES string of the molecule is CN(CCC#N)c1ccc(N=O)cc1. The fourth-order valence-electron chi connectivity index (χ4n) is 1.11. The first-order chi connectivity index (χ1) is 6.77. The van der Waals surface area contributed by atoms with Gasteiger partial charge < -0.3 is 4.90 Å². The number of hydrogen-bond donors (Lipinski definition) is 0. The molecule has 0 saturated heterocycles. The van der Waals surface area contributed by atoms with Gasteiger partial charge in [0, 0.05) is 19.3 Å². The molecule has 0 bridgehead atoms. The molecule has 0 aliphatic heterocycles. The standard InChI is InChI=1S/C10H11N3O/c1-13(8-2-7-11)10-5-3-9(12-14)4-6-10/h3-6H,2,8H2,1H3. The minimum Gasteiger partial charge on any atom is -0.374 e. The van der Waals surface area contributed by atoms with Crippen LogP contribution in [0.3, 0.4) is 0 Å². The lowest BCUT2D eigenvalue weighted by Gasteiger charge is -2.17. The average Bonchev–Trinajstić information content (AvgIpc) is 2.26. The van der Waals surface area contributed by atoms with Gasteiger partial charge in [0.1, 0.15) is 5.69 Å². The summed E-state index contributed by atoms with van der Waals surface area (Å²) in [6, 6.07) is 9.02. The Kier molecular flexibility index (Phi) is 3.62. The highest BCUT2D eigenvalue weighted by Gasteiger charge is 1.99. The summed E-state index contributed by atoms with van der Waals surface area (Å²) < 4.78 is 0. The van der Waals surface area contributed by atoms with E-state index in [4.69, 9.17) is 5.26 Å². The topological polar surface area (TPSA) is 56.5 Å². The van der Waals surface area contributed by atoms with E-state index in [1.807, 2.05) is 24.1 Å². The van der Waals surface area contributed by atoms with Gasteiger partial charge in [-0.05, 0) is 29.4 Å². The van der Waals surface area contributed by atoms with Crippen molar-refractivity contribution in [1.82, 2.24) is 0 Å². The van der Waals surface area contributed by atoms with Crippen LogP contribution in [-0.4, -0.2) is 13.6 Å². The van der Waals surface area contributed by atoms with Crippen molar-refractivity contribution < 1.29 is 0 Å². The third-order valence-electron chi connectivity index (χ3n) is 1.95. The van der Waals surface area contributed by atoms with E-state index >= 15 is 0 Å². The first-order valence-electron chi connectivity index (χ1n) is 4.29. The predicted octanol–water partition coefficient (Wildman–Crippen LogP) is 2.43. The molecule has 14 heavy (non-hydrogen) atoms. The average molecular weight is 189 g/mol. The number of benzene rings is 1. The van der Waals surface area contributed by atoms with E-state index in [9.17, 15) is 4.91 Å². The quantitative estimate of drug-likeness (QED) is 0.683. The Hall–Kier alpha value is -1.89. The van der Waals surface area contributed by atoms with Crippen molar-refractivity contribution in [3.8, 4) is 6.07 Å². The van der Waals surface area contributed by atoms with Gasteiger partial charge in [0.05, 0.1) is 12.5 Å². The second-order valence-corrected chi connectivity index (χ2v) is 2.94. The Balaban J connectivity index is 2.67. The third-order valence-corrected chi connectivity index (χ3v) is 1.95. The maximum absolute atomic E-state index is 10.2. The van der Waals surface area contributed by atoms with Gasteiger partial charge in [-0.15, -0.1) is 4.91 Å². The summed E-state index contributed by atoms with van der Waals surface area (Å²) in [6.07, 6.45) is 0.490. The summed E-state index contributed by atoms with van der Waals surface area (Å²) in [5.41, 5.74) is 1.40. The zero-order valence-electron chi connectivity index (χ0n) is 7.97. The minimum atomic E-state index is 0.419. The highest BCUT2D eigenvalue weighted by atomic mass is 16.3. The number of nitroso groups, excluding NO2 is 1. The number of hydrogen-bond acceptors (Lipinski definition) is 4. The van der Waals surface area contributed by atoms with Crippen LogP contribution in [0.5, 0.6) is 0 Å². The molecule has 0 N–H and O–H groups in total. The second kappa shape index (κ2) is 4.97. The summed E-state index contributed by atoms with van der Waals surface area (Å²) in [4.78, 5) is 12.1. The fourth-order valence-corrected chi connectivity index (χ4v) is 1.11. The normalized spacial score (nSPS) is 9.14. The molecule has 0 atom stereocenters. The van der Waals surface area contributed by atoms with Crippen molar-refractivity contribution in [3.63, 3.8) is 0 Å². The van der Waals surface area contributed by atoms with Gasteiger partial charge in [-0.3, -0.25) is 0 Å². The Morgan fingerprint density at radius 3 is 2.57 bits per heavy atom. The lowest BCUT2D eigenvalue weighted by atomic mass is 10.2. The number of nitriles is 1. The summed E-state index contributed by atoms with van der Waals surface area (Å²) >= 11 is 0. The van der Waals surface area contributed by atoms with Crippen LogP contribution in [0.15, 0.2) is 29.4 Å². The van der Waals surface area contributed by atoms with Crippen molar-refractivity contribution in [2.45, 2.75) is 6.42 Å². The van der Waals surface area contributed by atoms with Gasteiger partial charge in [0.2, 0.25) is 0 Å². The molecule has 0 aromatic heterocycles. The van der Waals surface area contributed by atoms with E-state index < -0.39 is 0 Å². The molecule has 0 fully saturated rings. The van der Waals surface area contributed by atoms with E-state index in [1.165, 1.54) is 0 Å². The van der Waals surface area contributed by atoms with Crippen LogP contribution >= 0.6 is 0 Å². The zero-order chi connectivity index (χ0) is 10.4. The highest BCUT2D eigenvalue weighted by Crippen LogP contribution is 2.18. The Labute approximate surface area is 82.7 Å². The fraction of sp³-hybridized carbons (Fsp3) is 0.300. The molecule has 1 aromatic rings. The van der Waals surface area contributed by atoms with Gasteiger partial charge in [0.15, 0.2) is 0 Å². The van der Waals surface area contributed by atoms with Crippen molar-refractivity contribution in [2.24, 2.45) is 5.18 Å². The molecule has 0 radical (unpaired) electrons. The Bertz CT molecular complexity index is 339. The van der Waals surface area contributed by atoms with Crippen molar-refractivity contribution in [3.05, 3.63) is 29.2 Å². The summed E-state index contributed by atoms with van der Waals surface area (Å²) in [5.74, 6) is 0. The van der Waals surface area contributed by atoms with Gasteiger partial charge in [-0.25, -0.2) is 0 Å². The summed E-state index contributed by atoms with van der Waals surface area (Å²) in [5, 5.41) is 11.2. The third kappa shape index (κ3) is 2.56. The zero-order valence-corrected chi connectivity index (χ0v) is 7.97. The van der Waals surface area contributed by atoms with Crippen LogP contribution in [0.25, 0.3) is 0 Å². The second-order valence-electron chi connectivity index (χ2n) is 2.94. The van der Waals surface area contributed by atoms with Gasteiger partial charge in [-0.2, -0.15) is 5.26 Å². The van der Waals surface area contributed by atoms with Crippen LogP contribution in [0.2, 0.25) is 0 Å². The molecule has 0 saturated carbocycles. The molecule has 4 nitrogen and oxygen atoms in total. The van der Waals surface area contributed by atoms with Crippen LogP contribution in [0.1, 0.15) is 6.42 Å². The minimum absolute atomic E-state index is 0.419. The van der Waals surface area contributed by atoms with E-state index in [0.717, 1.165) is 5.69 Å². The molecular weight excluding hydrogens is 178 g/mol. The number of anilines is 1. The highest BCUT2D eigenvalue weighted by molar-refractivity contribution is 5.52. The maximum Gasteiger partial charge on any atom is 0.108 e. The molecule has 72 valence electrons. The number of nitrogens with zero attached hydrogens (tertiary/aromatic N) is 3. The lowest BCUT2D eigenvalue weighted by Crippen LogP contribution is -2.17. The molecular formula is C10H11N3O. The maximum atomic E-state index is 10.2. The smallest absolute Gasteiger partial charge is 0.108 e. The summed E-state index contributed by atoms with van der Waals surface area (Å²) in [7, 11) is 1.90. The first-order valence-corrected chi connectivity index (χ1v) is 4.29. The van der Waals surface area contributed by atoms with Gasteiger partial charge in [-0.1, -0.05) is 0 Å².